The minimum absolute atomic E-state index is 0.201. The average Bonchev–Trinajstić information content (AvgIpc) is 2.48. The highest BCUT2D eigenvalue weighted by atomic mass is 16.5. The van der Waals surface area contributed by atoms with Crippen molar-refractivity contribution in [1.82, 2.24) is 9.80 Å². The van der Waals surface area contributed by atoms with Crippen LogP contribution in [0.15, 0.2) is 0 Å². The van der Waals surface area contributed by atoms with Gasteiger partial charge in [-0.2, -0.15) is 0 Å². The van der Waals surface area contributed by atoms with Crippen molar-refractivity contribution in [2.75, 3.05) is 39.3 Å². The maximum atomic E-state index is 6.28. The molecule has 0 bridgehead atoms. The monoisotopic (exact) mass is 297 g/mol. The van der Waals surface area contributed by atoms with Gasteiger partial charge in [0.2, 0.25) is 0 Å². The molecule has 124 valence electrons. The Morgan fingerprint density at radius 2 is 1.95 bits per heavy atom. The number of ether oxygens (including phenoxy) is 1. The van der Waals surface area contributed by atoms with Crippen molar-refractivity contribution in [2.45, 2.75) is 64.6 Å². The predicted octanol–water partition coefficient (Wildman–Crippen LogP) is 1.94. The second-order valence-corrected chi connectivity index (χ2v) is 7.48. The van der Waals surface area contributed by atoms with Crippen molar-refractivity contribution in [2.24, 2.45) is 11.7 Å². The molecular formula is C17H35N3O. The summed E-state index contributed by atoms with van der Waals surface area (Å²) in [4.78, 5) is 5.32. The van der Waals surface area contributed by atoms with E-state index in [-0.39, 0.29) is 5.54 Å². The van der Waals surface area contributed by atoms with E-state index in [0.29, 0.717) is 12.1 Å². The van der Waals surface area contributed by atoms with Crippen molar-refractivity contribution in [3.8, 4) is 0 Å². The lowest BCUT2D eigenvalue weighted by atomic mass is 9.83. The Morgan fingerprint density at radius 3 is 2.48 bits per heavy atom. The van der Waals surface area contributed by atoms with Crippen molar-refractivity contribution >= 4 is 0 Å². The number of nitrogens with two attached hydrogens (primary N) is 1. The van der Waals surface area contributed by atoms with Gasteiger partial charge >= 0.3 is 0 Å². The summed E-state index contributed by atoms with van der Waals surface area (Å²) < 4.78 is 5.87. The number of hydrogen-bond acceptors (Lipinski definition) is 4. The van der Waals surface area contributed by atoms with Gasteiger partial charge in [0.1, 0.15) is 0 Å². The van der Waals surface area contributed by atoms with Gasteiger partial charge in [-0.25, -0.2) is 0 Å². The molecule has 0 amide bonds. The van der Waals surface area contributed by atoms with E-state index in [1.54, 1.807) is 0 Å². The molecule has 2 N–H and O–H groups in total. The van der Waals surface area contributed by atoms with Crippen LogP contribution in [0.3, 0.4) is 0 Å². The first-order valence-corrected chi connectivity index (χ1v) is 8.81. The van der Waals surface area contributed by atoms with Crippen LogP contribution in [-0.2, 0) is 4.74 Å². The Morgan fingerprint density at radius 1 is 1.29 bits per heavy atom. The summed E-state index contributed by atoms with van der Waals surface area (Å²) >= 11 is 0. The third-order valence-electron chi connectivity index (χ3n) is 5.34. The summed E-state index contributed by atoms with van der Waals surface area (Å²) in [7, 11) is 0. The molecule has 2 atom stereocenters. The molecule has 0 radical (unpaired) electrons. The lowest BCUT2D eigenvalue weighted by Crippen LogP contribution is -2.66. The third kappa shape index (κ3) is 3.98. The van der Waals surface area contributed by atoms with Crippen LogP contribution in [0.2, 0.25) is 0 Å². The number of piperidine rings is 1. The second kappa shape index (κ2) is 7.40. The first-order chi connectivity index (χ1) is 10.0. The van der Waals surface area contributed by atoms with Crippen molar-refractivity contribution in [3.63, 3.8) is 0 Å². The molecule has 0 aromatic heterocycles. The molecule has 2 aliphatic rings. The van der Waals surface area contributed by atoms with E-state index in [4.69, 9.17) is 10.5 Å². The van der Waals surface area contributed by atoms with E-state index in [2.05, 4.69) is 37.5 Å². The molecule has 2 heterocycles. The standard InChI is InChI=1S/C17H35N3O/c1-5-16-12-21-15(4)11-20(16)17(13-18)6-8-19(9-7-17)10-14(2)3/h14-16H,5-13,18H2,1-4H3. The number of likely N-dealkylation sites (tertiary alicyclic amines) is 1. The van der Waals surface area contributed by atoms with E-state index in [1.165, 1.54) is 32.5 Å². The summed E-state index contributed by atoms with van der Waals surface area (Å²) in [6.07, 6.45) is 3.91. The van der Waals surface area contributed by atoms with Gasteiger partial charge in [-0.05, 0) is 45.2 Å². The quantitative estimate of drug-likeness (QED) is 0.842. The minimum Gasteiger partial charge on any atom is -0.376 e. The number of nitrogens with zero attached hydrogens (tertiary/aromatic N) is 2. The summed E-state index contributed by atoms with van der Waals surface area (Å²) in [6, 6.07) is 0.543. The SMILES string of the molecule is CCC1COC(C)CN1C1(CN)CCN(CC(C)C)CC1. The fraction of sp³-hybridized carbons (Fsp3) is 1.00. The van der Waals surface area contributed by atoms with Gasteiger partial charge in [-0.15, -0.1) is 0 Å². The number of morpholine rings is 1. The Hall–Kier alpha value is -0.160. The van der Waals surface area contributed by atoms with E-state index < -0.39 is 0 Å². The molecule has 0 aromatic rings. The fourth-order valence-corrected chi connectivity index (χ4v) is 4.04. The molecule has 4 nitrogen and oxygen atoms in total. The summed E-state index contributed by atoms with van der Waals surface area (Å²) in [6.45, 7) is 15.4. The van der Waals surface area contributed by atoms with Gasteiger partial charge in [0.05, 0.1) is 12.7 Å². The highest BCUT2D eigenvalue weighted by Gasteiger charge is 2.43. The molecule has 0 aliphatic carbocycles. The molecule has 21 heavy (non-hydrogen) atoms. The first kappa shape index (κ1) is 17.2. The first-order valence-electron chi connectivity index (χ1n) is 8.81. The van der Waals surface area contributed by atoms with Crippen LogP contribution in [0.4, 0.5) is 0 Å². The Bertz CT molecular complexity index is 313. The van der Waals surface area contributed by atoms with Crippen LogP contribution in [0.25, 0.3) is 0 Å². The van der Waals surface area contributed by atoms with Crippen LogP contribution < -0.4 is 5.73 Å². The fourth-order valence-electron chi connectivity index (χ4n) is 4.04. The maximum absolute atomic E-state index is 6.28. The van der Waals surface area contributed by atoms with E-state index in [1.807, 2.05) is 0 Å². The highest BCUT2D eigenvalue weighted by Crippen LogP contribution is 2.33. The van der Waals surface area contributed by atoms with Crippen molar-refractivity contribution in [1.29, 1.82) is 0 Å². The zero-order valence-corrected chi connectivity index (χ0v) is 14.5. The smallest absolute Gasteiger partial charge is 0.0675 e. The van der Waals surface area contributed by atoms with Gasteiger partial charge in [0.25, 0.3) is 0 Å². The van der Waals surface area contributed by atoms with E-state index >= 15 is 0 Å². The third-order valence-corrected chi connectivity index (χ3v) is 5.34. The summed E-state index contributed by atoms with van der Waals surface area (Å²) in [5.41, 5.74) is 6.48. The van der Waals surface area contributed by atoms with E-state index in [9.17, 15) is 0 Å². The average molecular weight is 297 g/mol. The number of hydrogen-bond donors (Lipinski definition) is 1. The van der Waals surface area contributed by atoms with Crippen LogP contribution >= 0.6 is 0 Å². The molecular weight excluding hydrogens is 262 g/mol. The molecule has 2 rings (SSSR count). The summed E-state index contributed by atoms with van der Waals surface area (Å²) in [5.74, 6) is 0.752. The lowest BCUT2D eigenvalue weighted by Gasteiger charge is -2.54. The van der Waals surface area contributed by atoms with Crippen LogP contribution in [0.5, 0.6) is 0 Å². The number of rotatable bonds is 5. The molecule has 2 fully saturated rings. The van der Waals surface area contributed by atoms with Gasteiger partial charge in [0, 0.05) is 31.2 Å². The van der Waals surface area contributed by atoms with Crippen molar-refractivity contribution < 1.29 is 4.74 Å². The van der Waals surface area contributed by atoms with Crippen LogP contribution in [0.1, 0.15) is 47.0 Å². The molecule has 2 saturated heterocycles. The molecule has 2 unspecified atom stereocenters. The molecule has 0 saturated carbocycles. The predicted molar refractivity (Wildman–Crippen MR) is 88.5 cm³/mol. The minimum atomic E-state index is 0.201. The highest BCUT2D eigenvalue weighted by molar-refractivity contribution is 5.00. The normalized spacial score (nSPS) is 31.7. The van der Waals surface area contributed by atoms with Gasteiger partial charge in [0.15, 0.2) is 0 Å². The lowest BCUT2D eigenvalue weighted by molar-refractivity contribution is -0.112. The Kier molecular flexibility index (Phi) is 6.06. The zero-order chi connectivity index (χ0) is 15.5. The zero-order valence-electron chi connectivity index (χ0n) is 14.5. The van der Waals surface area contributed by atoms with Gasteiger partial charge in [-0.3, -0.25) is 4.90 Å². The summed E-state index contributed by atoms with van der Waals surface area (Å²) in [5, 5.41) is 0. The maximum Gasteiger partial charge on any atom is 0.0675 e. The van der Waals surface area contributed by atoms with Crippen LogP contribution in [-0.4, -0.2) is 66.8 Å². The second-order valence-electron chi connectivity index (χ2n) is 7.48. The van der Waals surface area contributed by atoms with Crippen LogP contribution in [0, 0.1) is 5.92 Å². The topological polar surface area (TPSA) is 41.7 Å². The molecule has 2 aliphatic heterocycles. The molecule has 4 heteroatoms. The largest absolute Gasteiger partial charge is 0.376 e. The van der Waals surface area contributed by atoms with Gasteiger partial charge < -0.3 is 15.4 Å². The molecule has 0 spiro atoms. The Balaban J connectivity index is 2.04. The van der Waals surface area contributed by atoms with Gasteiger partial charge in [-0.1, -0.05) is 20.8 Å². The van der Waals surface area contributed by atoms with Crippen molar-refractivity contribution in [3.05, 3.63) is 0 Å². The Labute approximate surface area is 131 Å². The van der Waals surface area contributed by atoms with E-state index in [0.717, 1.165) is 32.0 Å². The molecule has 0 aromatic carbocycles.